The number of hydrogen-bond acceptors (Lipinski definition) is 1. The second-order valence-corrected chi connectivity index (χ2v) is 10.5. The SMILES string of the molecule is CCCCCC1CCCCC1(OC)C(CC)c1c(F)c(F)c(-c2ccc(-c3ccccc3)cc2)c(F)c1F. The lowest BCUT2D eigenvalue weighted by Crippen LogP contribution is -2.48. The Balaban J connectivity index is 1.76. The van der Waals surface area contributed by atoms with Gasteiger partial charge < -0.3 is 4.74 Å². The average molecular weight is 527 g/mol. The first-order chi connectivity index (χ1) is 18.4. The molecular formula is C33H38F4O. The van der Waals surface area contributed by atoms with Crippen molar-refractivity contribution in [2.45, 2.75) is 83.2 Å². The van der Waals surface area contributed by atoms with Gasteiger partial charge in [0.15, 0.2) is 23.3 Å². The van der Waals surface area contributed by atoms with Crippen molar-refractivity contribution in [1.29, 1.82) is 0 Å². The van der Waals surface area contributed by atoms with Gasteiger partial charge in [-0.15, -0.1) is 0 Å². The molecule has 1 nitrogen and oxygen atoms in total. The van der Waals surface area contributed by atoms with E-state index in [-0.39, 0.29) is 11.5 Å². The summed E-state index contributed by atoms with van der Waals surface area (Å²) in [6.45, 7) is 3.94. The number of unbranched alkanes of at least 4 members (excludes halogenated alkanes) is 2. The van der Waals surface area contributed by atoms with Gasteiger partial charge >= 0.3 is 0 Å². The maximum absolute atomic E-state index is 15.8. The van der Waals surface area contributed by atoms with Crippen molar-refractivity contribution in [2.75, 3.05) is 7.11 Å². The monoisotopic (exact) mass is 526 g/mol. The van der Waals surface area contributed by atoms with Gasteiger partial charge in [-0.1, -0.05) is 101 Å². The molecule has 204 valence electrons. The second kappa shape index (κ2) is 12.5. The molecule has 5 heteroatoms. The molecule has 0 radical (unpaired) electrons. The van der Waals surface area contributed by atoms with Crippen LogP contribution < -0.4 is 0 Å². The van der Waals surface area contributed by atoms with Crippen LogP contribution in [0.2, 0.25) is 0 Å². The summed E-state index contributed by atoms with van der Waals surface area (Å²) in [5.41, 5.74) is -0.186. The Kier molecular flexibility index (Phi) is 9.30. The Morgan fingerprint density at radius 2 is 1.39 bits per heavy atom. The zero-order valence-electron chi connectivity index (χ0n) is 22.6. The molecular weight excluding hydrogens is 488 g/mol. The summed E-state index contributed by atoms with van der Waals surface area (Å²) in [6, 6.07) is 15.9. The summed E-state index contributed by atoms with van der Waals surface area (Å²) < 4.78 is 69.0. The normalized spacial score (nSPS) is 20.4. The number of methoxy groups -OCH3 is 1. The molecule has 0 aliphatic heterocycles. The summed E-state index contributed by atoms with van der Waals surface area (Å²) in [5.74, 6) is -6.05. The first-order valence-corrected chi connectivity index (χ1v) is 14.0. The zero-order valence-corrected chi connectivity index (χ0v) is 22.6. The predicted molar refractivity (Wildman–Crippen MR) is 146 cm³/mol. The number of rotatable bonds is 10. The summed E-state index contributed by atoms with van der Waals surface area (Å²) in [7, 11) is 1.58. The third-order valence-corrected chi connectivity index (χ3v) is 8.52. The van der Waals surface area contributed by atoms with Crippen LogP contribution in [0.4, 0.5) is 17.6 Å². The Hall–Kier alpha value is -2.66. The maximum atomic E-state index is 15.8. The van der Waals surface area contributed by atoms with Crippen molar-refractivity contribution in [3.8, 4) is 22.3 Å². The maximum Gasteiger partial charge on any atom is 0.170 e. The van der Waals surface area contributed by atoms with Crippen molar-refractivity contribution in [3.05, 3.63) is 83.4 Å². The van der Waals surface area contributed by atoms with E-state index >= 15 is 17.6 Å². The van der Waals surface area contributed by atoms with Crippen molar-refractivity contribution in [1.82, 2.24) is 0 Å². The first kappa shape index (κ1) is 28.4. The number of halogens is 4. The molecule has 38 heavy (non-hydrogen) atoms. The summed E-state index contributed by atoms with van der Waals surface area (Å²) in [4.78, 5) is 0. The molecule has 0 N–H and O–H groups in total. The van der Waals surface area contributed by atoms with E-state index in [0.29, 0.717) is 12.8 Å². The minimum Gasteiger partial charge on any atom is -0.377 e. The summed E-state index contributed by atoms with van der Waals surface area (Å²) in [6.07, 6.45) is 7.69. The van der Waals surface area contributed by atoms with Gasteiger partial charge in [0.1, 0.15) is 0 Å². The van der Waals surface area contributed by atoms with Crippen LogP contribution in [-0.2, 0) is 4.74 Å². The van der Waals surface area contributed by atoms with E-state index in [9.17, 15) is 0 Å². The molecule has 0 bridgehead atoms. The molecule has 0 aromatic heterocycles. The highest BCUT2D eigenvalue weighted by molar-refractivity contribution is 5.71. The Labute approximate surface area is 224 Å². The molecule has 4 rings (SSSR count). The molecule has 0 heterocycles. The summed E-state index contributed by atoms with van der Waals surface area (Å²) >= 11 is 0. The predicted octanol–water partition coefficient (Wildman–Crippen LogP) is 10.2. The van der Waals surface area contributed by atoms with Crippen molar-refractivity contribution in [3.63, 3.8) is 0 Å². The molecule has 1 aliphatic rings. The van der Waals surface area contributed by atoms with Crippen LogP contribution in [-0.4, -0.2) is 12.7 Å². The van der Waals surface area contributed by atoms with Crippen LogP contribution in [0.5, 0.6) is 0 Å². The molecule has 1 fully saturated rings. The molecule has 3 aromatic rings. The van der Waals surface area contributed by atoms with Crippen LogP contribution in [0, 0.1) is 29.2 Å². The van der Waals surface area contributed by atoms with Gasteiger partial charge in [-0.25, -0.2) is 17.6 Å². The van der Waals surface area contributed by atoms with E-state index in [4.69, 9.17) is 4.74 Å². The highest BCUT2D eigenvalue weighted by Gasteiger charge is 2.49. The number of benzene rings is 3. The molecule has 0 amide bonds. The van der Waals surface area contributed by atoms with E-state index in [1.165, 1.54) is 12.1 Å². The second-order valence-electron chi connectivity index (χ2n) is 10.5. The van der Waals surface area contributed by atoms with Crippen molar-refractivity contribution >= 4 is 0 Å². The molecule has 3 atom stereocenters. The van der Waals surface area contributed by atoms with E-state index in [0.717, 1.165) is 56.1 Å². The van der Waals surface area contributed by atoms with E-state index in [1.807, 2.05) is 37.3 Å². The van der Waals surface area contributed by atoms with Gasteiger partial charge in [0.05, 0.1) is 11.2 Å². The van der Waals surface area contributed by atoms with Gasteiger partial charge in [-0.2, -0.15) is 0 Å². The van der Waals surface area contributed by atoms with Gasteiger partial charge in [-0.05, 0) is 48.3 Å². The smallest absolute Gasteiger partial charge is 0.170 e. The fraction of sp³-hybridized carbons (Fsp3) is 0.455. The minimum atomic E-state index is -1.35. The Morgan fingerprint density at radius 3 is 1.97 bits per heavy atom. The van der Waals surface area contributed by atoms with Gasteiger partial charge in [0.2, 0.25) is 0 Å². The molecule has 1 aliphatic carbocycles. The average Bonchev–Trinajstić information content (AvgIpc) is 2.96. The Morgan fingerprint density at radius 1 is 0.789 bits per heavy atom. The lowest BCUT2D eigenvalue weighted by Gasteiger charge is -2.48. The lowest BCUT2D eigenvalue weighted by molar-refractivity contribution is -0.108. The van der Waals surface area contributed by atoms with Crippen LogP contribution in [0.15, 0.2) is 54.6 Å². The fourth-order valence-corrected chi connectivity index (χ4v) is 6.60. The van der Waals surface area contributed by atoms with Crippen LogP contribution in [0.3, 0.4) is 0 Å². The molecule has 0 spiro atoms. The third kappa shape index (κ3) is 5.27. The van der Waals surface area contributed by atoms with Crippen molar-refractivity contribution in [2.24, 2.45) is 5.92 Å². The fourth-order valence-electron chi connectivity index (χ4n) is 6.60. The van der Waals surface area contributed by atoms with Gasteiger partial charge in [0, 0.05) is 18.6 Å². The van der Waals surface area contributed by atoms with Gasteiger partial charge in [0.25, 0.3) is 0 Å². The number of ether oxygens (including phenoxy) is 1. The standard InChI is InChI=1S/C33H38F4O/c1-4-6-8-15-25-16-11-12-21-33(25,38-3)26(5-2)28-31(36)29(34)27(30(35)32(28)37)24-19-17-23(18-20-24)22-13-9-7-10-14-22/h7,9-10,13-14,17-20,25-26H,4-6,8,11-12,15-16,21H2,1-3H3. The van der Waals surface area contributed by atoms with Crippen LogP contribution >= 0.6 is 0 Å². The first-order valence-electron chi connectivity index (χ1n) is 14.0. The topological polar surface area (TPSA) is 9.23 Å². The van der Waals surface area contributed by atoms with E-state index in [1.54, 1.807) is 19.2 Å². The minimum absolute atomic E-state index is 0.0767. The van der Waals surface area contributed by atoms with E-state index < -0.39 is 45.9 Å². The molecule has 1 saturated carbocycles. The van der Waals surface area contributed by atoms with Crippen LogP contribution in [0.25, 0.3) is 22.3 Å². The third-order valence-electron chi connectivity index (χ3n) is 8.52. The van der Waals surface area contributed by atoms with E-state index in [2.05, 4.69) is 6.92 Å². The van der Waals surface area contributed by atoms with Gasteiger partial charge in [-0.3, -0.25) is 0 Å². The highest BCUT2D eigenvalue weighted by atomic mass is 19.2. The quantitative estimate of drug-likeness (QED) is 0.145. The summed E-state index contributed by atoms with van der Waals surface area (Å²) in [5, 5.41) is 0. The number of hydrogen-bond donors (Lipinski definition) is 0. The highest BCUT2D eigenvalue weighted by Crippen LogP contribution is 2.51. The zero-order chi connectivity index (χ0) is 27.3. The molecule has 0 saturated heterocycles. The van der Waals surface area contributed by atoms with Crippen molar-refractivity contribution < 1.29 is 22.3 Å². The van der Waals surface area contributed by atoms with Crippen LogP contribution in [0.1, 0.15) is 83.1 Å². The lowest BCUT2D eigenvalue weighted by atomic mass is 9.63. The Bertz CT molecular complexity index is 1180. The molecule has 3 unspecified atom stereocenters. The molecule has 3 aromatic carbocycles. The largest absolute Gasteiger partial charge is 0.377 e.